The summed E-state index contributed by atoms with van der Waals surface area (Å²) in [7, 11) is 5.02. The fourth-order valence-electron chi connectivity index (χ4n) is 3.60. The molecule has 1 saturated heterocycles. The van der Waals surface area contributed by atoms with E-state index in [9.17, 15) is 0 Å². The molecule has 1 aromatic carbocycles. The summed E-state index contributed by atoms with van der Waals surface area (Å²) >= 11 is 0. The number of hydrogen-bond donors (Lipinski definition) is 2. The predicted octanol–water partition coefficient (Wildman–Crippen LogP) is 0.657. The maximum atomic E-state index is 6.24. The number of nitrogens with two attached hydrogens (primary N) is 2. The second kappa shape index (κ2) is 7.49. The molecule has 4 rings (SSSR count). The molecular weight excluding hydrogens is 374 g/mol. The molecule has 0 radical (unpaired) electrons. The quantitative estimate of drug-likeness (QED) is 0.644. The first-order valence-electron chi connectivity index (χ1n) is 9.35. The zero-order valence-corrected chi connectivity index (χ0v) is 16.8. The molecule has 3 aromatic rings. The monoisotopic (exact) mass is 399 g/mol. The third-order valence-corrected chi connectivity index (χ3v) is 5.04. The summed E-state index contributed by atoms with van der Waals surface area (Å²) in [5.41, 5.74) is 12.7. The molecule has 29 heavy (non-hydrogen) atoms. The third-order valence-electron chi connectivity index (χ3n) is 5.04. The largest absolute Gasteiger partial charge is 0.493 e. The number of aromatic nitrogens is 5. The van der Waals surface area contributed by atoms with Crippen molar-refractivity contribution >= 4 is 34.6 Å². The lowest BCUT2D eigenvalue weighted by atomic mass is 10.2. The van der Waals surface area contributed by atoms with Crippen LogP contribution in [0.2, 0.25) is 0 Å². The van der Waals surface area contributed by atoms with Crippen molar-refractivity contribution in [3.8, 4) is 11.5 Å². The molecule has 4 N–H and O–H groups in total. The highest BCUT2D eigenvalue weighted by Gasteiger charge is 2.22. The lowest BCUT2D eigenvalue weighted by Crippen LogP contribution is -2.33. The Balaban J connectivity index is 1.61. The molecule has 3 heterocycles. The molecule has 0 unspecified atom stereocenters. The number of ether oxygens (including phenoxy) is 2. The smallest absolute Gasteiger partial charge is 0.241 e. The van der Waals surface area contributed by atoms with Crippen LogP contribution in [0.3, 0.4) is 0 Å². The third kappa shape index (κ3) is 3.50. The van der Waals surface area contributed by atoms with Gasteiger partial charge in [0.05, 0.1) is 19.7 Å². The van der Waals surface area contributed by atoms with Crippen molar-refractivity contribution in [3.05, 3.63) is 12.1 Å². The number of benzene rings is 1. The van der Waals surface area contributed by atoms with Crippen molar-refractivity contribution in [3.63, 3.8) is 0 Å². The number of fused-ring (bicyclic) bond motifs is 1. The molecule has 154 valence electrons. The highest BCUT2D eigenvalue weighted by molar-refractivity contribution is 5.91. The predicted molar refractivity (Wildman–Crippen MR) is 112 cm³/mol. The molecule has 1 fully saturated rings. The summed E-state index contributed by atoms with van der Waals surface area (Å²) in [6.45, 7) is 3.13. The van der Waals surface area contributed by atoms with Gasteiger partial charge in [-0.3, -0.25) is 0 Å². The Morgan fingerprint density at radius 2 is 1.59 bits per heavy atom. The van der Waals surface area contributed by atoms with Gasteiger partial charge in [0.15, 0.2) is 11.5 Å². The Bertz CT molecular complexity index is 1040. The number of methoxy groups -OCH3 is 2. The molecule has 0 saturated carbocycles. The molecule has 11 heteroatoms. The van der Waals surface area contributed by atoms with Crippen molar-refractivity contribution in [1.82, 2.24) is 24.7 Å². The van der Waals surface area contributed by atoms with Gasteiger partial charge in [0.1, 0.15) is 5.82 Å². The second-order valence-electron chi connectivity index (χ2n) is 6.85. The van der Waals surface area contributed by atoms with Gasteiger partial charge < -0.3 is 30.7 Å². The van der Waals surface area contributed by atoms with Crippen LogP contribution in [0.5, 0.6) is 11.5 Å². The van der Waals surface area contributed by atoms with Gasteiger partial charge in [0.25, 0.3) is 0 Å². The van der Waals surface area contributed by atoms with Gasteiger partial charge in [-0.05, 0) is 12.5 Å². The number of aryl methyl sites for hydroxylation is 1. The van der Waals surface area contributed by atoms with Gasteiger partial charge in [-0.1, -0.05) is 0 Å². The van der Waals surface area contributed by atoms with E-state index >= 15 is 0 Å². The highest BCUT2D eigenvalue weighted by Crippen LogP contribution is 2.34. The van der Waals surface area contributed by atoms with Gasteiger partial charge in [0.2, 0.25) is 17.8 Å². The molecule has 0 bridgehead atoms. The van der Waals surface area contributed by atoms with Crippen LogP contribution in [-0.2, 0) is 7.05 Å². The molecule has 0 spiro atoms. The first-order chi connectivity index (χ1) is 14.0. The van der Waals surface area contributed by atoms with Gasteiger partial charge in [0, 0.05) is 44.7 Å². The van der Waals surface area contributed by atoms with Gasteiger partial charge >= 0.3 is 0 Å². The molecule has 11 nitrogen and oxygen atoms in total. The average Bonchev–Trinajstić information content (AvgIpc) is 2.91. The first-order valence-corrected chi connectivity index (χ1v) is 9.35. The molecule has 1 aliphatic heterocycles. The van der Waals surface area contributed by atoms with Gasteiger partial charge in [-0.2, -0.15) is 9.97 Å². The number of anilines is 4. The van der Waals surface area contributed by atoms with Gasteiger partial charge in [-0.15, -0.1) is 5.10 Å². The molecule has 2 aromatic heterocycles. The number of hydrogen-bond acceptors (Lipinski definition) is 10. The van der Waals surface area contributed by atoms with E-state index < -0.39 is 0 Å². The van der Waals surface area contributed by atoms with Crippen LogP contribution in [0.15, 0.2) is 12.1 Å². The number of nitrogen functional groups attached to an aromatic ring is 2. The van der Waals surface area contributed by atoms with E-state index in [1.54, 1.807) is 25.0 Å². The van der Waals surface area contributed by atoms with Crippen molar-refractivity contribution in [1.29, 1.82) is 0 Å². The minimum atomic E-state index is 0.276. The van der Waals surface area contributed by atoms with E-state index in [-0.39, 0.29) is 5.95 Å². The summed E-state index contributed by atoms with van der Waals surface area (Å²) < 4.78 is 12.5. The summed E-state index contributed by atoms with van der Waals surface area (Å²) in [5, 5.41) is 4.87. The zero-order valence-electron chi connectivity index (χ0n) is 16.8. The summed E-state index contributed by atoms with van der Waals surface area (Å²) in [5.74, 6) is 3.25. The van der Waals surface area contributed by atoms with Crippen LogP contribution in [0.25, 0.3) is 10.9 Å². The molecule has 1 aliphatic rings. The Morgan fingerprint density at radius 1 is 0.897 bits per heavy atom. The van der Waals surface area contributed by atoms with Crippen molar-refractivity contribution in [2.24, 2.45) is 7.05 Å². The standard InChI is InChI=1S/C18H25N9O2/c1-25-18(23-16(20)24-25)27-6-4-5-26(7-8-27)17-21-12-10-14(29-3)13(28-2)9-11(12)15(19)22-17/h9-10H,4-8H2,1-3H3,(H2,20,24)(H2,19,21,22). The minimum absolute atomic E-state index is 0.276. The molecule has 0 atom stereocenters. The van der Waals surface area contributed by atoms with E-state index in [1.165, 1.54) is 0 Å². The summed E-state index contributed by atoms with van der Waals surface area (Å²) in [4.78, 5) is 17.9. The molecule has 0 amide bonds. The average molecular weight is 399 g/mol. The van der Waals surface area contributed by atoms with E-state index in [0.717, 1.165) is 43.9 Å². The maximum absolute atomic E-state index is 6.24. The van der Waals surface area contributed by atoms with E-state index in [1.807, 2.05) is 13.1 Å². The SMILES string of the molecule is COc1cc2nc(N3CCCN(c4nc(N)nn4C)CC3)nc(N)c2cc1OC. The van der Waals surface area contributed by atoms with Crippen LogP contribution in [0, 0.1) is 0 Å². The fraction of sp³-hybridized carbons (Fsp3) is 0.444. The van der Waals surface area contributed by atoms with Crippen LogP contribution in [0.4, 0.5) is 23.7 Å². The van der Waals surface area contributed by atoms with Crippen molar-refractivity contribution in [2.45, 2.75) is 6.42 Å². The zero-order chi connectivity index (χ0) is 20.5. The molecule has 0 aliphatic carbocycles. The van der Waals surface area contributed by atoms with Gasteiger partial charge in [-0.25, -0.2) is 9.67 Å². The Hall–Kier alpha value is -3.50. The number of rotatable bonds is 4. The minimum Gasteiger partial charge on any atom is -0.493 e. The fourth-order valence-corrected chi connectivity index (χ4v) is 3.60. The summed E-state index contributed by atoms with van der Waals surface area (Å²) in [6, 6.07) is 3.62. The van der Waals surface area contributed by atoms with Crippen LogP contribution in [0.1, 0.15) is 6.42 Å². The maximum Gasteiger partial charge on any atom is 0.241 e. The van der Waals surface area contributed by atoms with Crippen molar-refractivity contribution in [2.75, 3.05) is 61.7 Å². The van der Waals surface area contributed by atoms with E-state index in [0.29, 0.717) is 28.8 Å². The molecular formula is C18H25N9O2. The lowest BCUT2D eigenvalue weighted by molar-refractivity contribution is 0.356. The van der Waals surface area contributed by atoms with Crippen molar-refractivity contribution < 1.29 is 9.47 Å². The lowest BCUT2D eigenvalue weighted by Gasteiger charge is -2.22. The highest BCUT2D eigenvalue weighted by atomic mass is 16.5. The van der Waals surface area contributed by atoms with Crippen LogP contribution < -0.4 is 30.7 Å². The Kier molecular flexibility index (Phi) is 4.87. The van der Waals surface area contributed by atoms with E-state index in [2.05, 4.69) is 24.9 Å². The number of nitrogens with zero attached hydrogens (tertiary/aromatic N) is 7. The van der Waals surface area contributed by atoms with E-state index in [4.69, 9.17) is 25.9 Å². The Labute approximate surface area is 168 Å². The van der Waals surface area contributed by atoms with Crippen LogP contribution in [-0.4, -0.2) is 65.1 Å². The summed E-state index contributed by atoms with van der Waals surface area (Å²) in [6.07, 6.45) is 0.917. The Morgan fingerprint density at radius 3 is 2.28 bits per heavy atom. The second-order valence-corrected chi connectivity index (χ2v) is 6.85. The van der Waals surface area contributed by atoms with Crippen LogP contribution >= 0.6 is 0 Å². The normalized spacial score (nSPS) is 14.9. The topological polar surface area (TPSA) is 133 Å². The first kappa shape index (κ1) is 18.8.